The molecule has 0 rings (SSSR count). The molecule has 21 heavy (non-hydrogen) atoms. The van der Waals surface area contributed by atoms with Crippen LogP contribution in [-0.4, -0.2) is 43.2 Å². The third-order valence-electron chi connectivity index (χ3n) is 1.54. The first-order chi connectivity index (χ1) is 9.24. The van der Waals surface area contributed by atoms with Crippen molar-refractivity contribution in [2.45, 2.75) is 78.9 Å². The molecular weight excluding hydrogens is 316 g/mol. The zero-order valence-corrected chi connectivity index (χ0v) is 18.0. The monoisotopic (exact) mass is 357 g/mol. The van der Waals surface area contributed by atoms with Gasteiger partial charge in [-0.15, -0.1) is 8.07 Å². The van der Waals surface area contributed by atoms with E-state index in [1.165, 1.54) is 0 Å². The first kappa shape index (κ1) is 33.4. The third kappa shape index (κ3) is 159. The van der Waals surface area contributed by atoms with E-state index in [9.17, 15) is 0 Å². The quantitative estimate of drug-likeness (QED) is 0.497. The molecule has 0 atom stereocenters. The van der Waals surface area contributed by atoms with E-state index in [4.69, 9.17) is 15.3 Å². The van der Waals surface area contributed by atoms with Crippen LogP contribution in [0.1, 0.15) is 59.3 Å². The molecule has 0 amide bonds. The van der Waals surface area contributed by atoms with Crippen LogP contribution in [-0.2, 0) is 21.7 Å². The molecule has 3 nitrogen and oxygen atoms in total. The van der Waals surface area contributed by atoms with Gasteiger partial charge in [-0.1, -0.05) is 59.7 Å². The van der Waals surface area contributed by atoms with E-state index >= 15 is 0 Å². The van der Waals surface area contributed by atoms with Gasteiger partial charge >= 0.3 is 0 Å². The third-order valence-corrected chi connectivity index (χ3v) is 1.54. The second-order valence-corrected chi connectivity index (χ2v) is 10.9. The van der Waals surface area contributed by atoms with Crippen molar-refractivity contribution >= 4 is 8.07 Å². The Balaban J connectivity index is -0.0000000533. The molecule has 0 heterocycles. The summed E-state index contributed by atoms with van der Waals surface area (Å²) in [6.45, 7) is 17.7. The maximum Gasteiger partial charge on any atom is 0.0430 e. The van der Waals surface area contributed by atoms with E-state index in [0.717, 1.165) is 38.5 Å². The van der Waals surface area contributed by atoms with Crippen molar-refractivity contribution in [3.63, 3.8) is 0 Å². The van der Waals surface area contributed by atoms with Crippen molar-refractivity contribution in [1.29, 1.82) is 0 Å². The van der Waals surface area contributed by atoms with Crippen LogP contribution in [0.2, 0.25) is 19.6 Å². The smallest absolute Gasteiger partial charge is 0.0430 e. The van der Waals surface area contributed by atoms with Crippen LogP contribution in [0.15, 0.2) is 0 Å². The molecule has 0 aromatic heterocycles. The maximum absolute atomic E-state index is 8.07. The number of rotatable bonds is 6. The summed E-state index contributed by atoms with van der Waals surface area (Å²) in [5, 5.41) is 24.2. The standard InChI is InChI=1S/3C4H10O.C4H11Si.Ti/c3*1-2-3-4-5;1-5(2,3)4;/h3*5H,2-4H2,1H3;1H2,2-4H3;/q;;;-1;. The van der Waals surface area contributed by atoms with Gasteiger partial charge in [0.1, 0.15) is 0 Å². The fourth-order valence-corrected chi connectivity index (χ4v) is 0.474. The van der Waals surface area contributed by atoms with Crippen LogP contribution in [0.5, 0.6) is 0 Å². The average molecular weight is 357 g/mol. The first-order valence-electron chi connectivity index (χ1n) is 7.92. The van der Waals surface area contributed by atoms with Crippen LogP contribution in [0.3, 0.4) is 0 Å². The zero-order chi connectivity index (χ0) is 16.9. The predicted octanol–water partition coefficient (Wildman–Crippen LogP) is 4.03. The van der Waals surface area contributed by atoms with E-state index in [1.807, 2.05) is 0 Å². The Hall–Kier alpha value is 0.811. The molecule has 0 bridgehead atoms. The minimum Gasteiger partial charge on any atom is -0.396 e. The molecule has 5 heteroatoms. The summed E-state index contributed by atoms with van der Waals surface area (Å²) in [6, 6.07) is 0. The van der Waals surface area contributed by atoms with Gasteiger partial charge in [0.15, 0.2) is 0 Å². The van der Waals surface area contributed by atoms with Crippen molar-refractivity contribution in [2.24, 2.45) is 0 Å². The van der Waals surface area contributed by atoms with Gasteiger partial charge in [0.2, 0.25) is 0 Å². The van der Waals surface area contributed by atoms with Gasteiger partial charge < -0.3 is 21.9 Å². The van der Waals surface area contributed by atoms with Crippen molar-refractivity contribution in [2.75, 3.05) is 19.8 Å². The predicted molar refractivity (Wildman–Crippen MR) is 94.7 cm³/mol. The van der Waals surface area contributed by atoms with E-state index < -0.39 is 8.07 Å². The van der Waals surface area contributed by atoms with E-state index in [2.05, 4.69) is 47.0 Å². The van der Waals surface area contributed by atoms with Crippen molar-refractivity contribution < 1.29 is 37.0 Å². The van der Waals surface area contributed by atoms with E-state index in [0.29, 0.717) is 19.8 Å². The molecule has 0 spiro atoms. The fraction of sp³-hybridized carbons (Fsp3) is 0.938. The second kappa shape index (κ2) is 32.7. The minimum absolute atomic E-state index is 0. The van der Waals surface area contributed by atoms with E-state index in [-0.39, 0.29) is 21.7 Å². The van der Waals surface area contributed by atoms with Gasteiger partial charge in [-0.3, -0.25) is 0 Å². The van der Waals surface area contributed by atoms with Crippen molar-refractivity contribution in [3.05, 3.63) is 6.55 Å². The first-order valence-corrected chi connectivity index (χ1v) is 11.6. The summed E-state index contributed by atoms with van der Waals surface area (Å²) in [7, 11) is -0.861. The molecule has 0 saturated heterocycles. The number of aliphatic hydroxyl groups excluding tert-OH is 3. The Morgan fingerprint density at radius 2 is 0.810 bits per heavy atom. The minimum atomic E-state index is -0.861. The van der Waals surface area contributed by atoms with Crippen LogP contribution >= 0.6 is 0 Å². The summed E-state index contributed by atoms with van der Waals surface area (Å²) in [5.41, 5.74) is 0. The van der Waals surface area contributed by atoms with Crippen molar-refractivity contribution in [1.82, 2.24) is 0 Å². The molecule has 0 radical (unpaired) electrons. The summed E-state index contributed by atoms with van der Waals surface area (Å²) in [6.07, 6.45) is 6.11. The summed E-state index contributed by atoms with van der Waals surface area (Å²) >= 11 is 0. The Bertz CT molecular complexity index is 105. The number of hydrogen-bond donors (Lipinski definition) is 3. The number of unbranched alkanes of at least 4 members (excludes halogenated alkanes) is 3. The Morgan fingerprint density at radius 3 is 0.810 bits per heavy atom. The molecule has 0 unspecified atom stereocenters. The van der Waals surface area contributed by atoms with E-state index in [1.54, 1.807) is 0 Å². The molecule has 0 fully saturated rings. The average Bonchev–Trinajstić information content (AvgIpc) is 2.31. The molecule has 0 saturated carbocycles. The van der Waals surface area contributed by atoms with Gasteiger partial charge in [-0.05, 0) is 19.3 Å². The van der Waals surface area contributed by atoms with Gasteiger partial charge in [0.25, 0.3) is 0 Å². The zero-order valence-electron chi connectivity index (χ0n) is 15.4. The van der Waals surface area contributed by atoms with Gasteiger partial charge in [-0.2, -0.15) is 0 Å². The molecule has 0 aliphatic heterocycles. The van der Waals surface area contributed by atoms with Crippen LogP contribution in [0.4, 0.5) is 0 Å². The molecular formula is C16H41O3SiTi-. The van der Waals surface area contributed by atoms with Gasteiger partial charge in [0, 0.05) is 41.5 Å². The summed E-state index contributed by atoms with van der Waals surface area (Å²) in [4.78, 5) is 0. The number of hydrogen-bond acceptors (Lipinski definition) is 3. The maximum atomic E-state index is 8.07. The van der Waals surface area contributed by atoms with Crippen molar-refractivity contribution in [3.8, 4) is 0 Å². The van der Waals surface area contributed by atoms with Crippen LogP contribution in [0.25, 0.3) is 0 Å². The molecule has 0 aliphatic rings. The fourth-order valence-electron chi connectivity index (χ4n) is 0.474. The Labute approximate surface area is 150 Å². The Kier molecular flexibility index (Phi) is 52.0. The SMILES string of the molecule is CCCCO.CCCCO.CCCCO.[CH2-][Si](C)(C)C.[Ti]. The largest absolute Gasteiger partial charge is 0.396 e. The topological polar surface area (TPSA) is 60.7 Å². The van der Waals surface area contributed by atoms with Gasteiger partial charge in [-0.25, -0.2) is 0 Å². The Morgan fingerprint density at radius 1 is 0.667 bits per heavy atom. The molecule has 132 valence electrons. The van der Waals surface area contributed by atoms with Crippen LogP contribution < -0.4 is 0 Å². The molecule has 0 aliphatic carbocycles. The summed E-state index contributed by atoms with van der Waals surface area (Å²) < 4.78 is 0. The van der Waals surface area contributed by atoms with Crippen LogP contribution in [0, 0.1) is 6.55 Å². The molecule has 0 aromatic carbocycles. The normalized spacial score (nSPS) is 8.86. The second-order valence-electron chi connectivity index (χ2n) is 5.79. The molecule has 0 aromatic rings. The summed E-state index contributed by atoms with van der Waals surface area (Å²) in [5.74, 6) is 0. The molecule has 3 N–H and O–H groups in total. The number of aliphatic hydroxyl groups is 3. The van der Waals surface area contributed by atoms with Gasteiger partial charge in [0.05, 0.1) is 0 Å².